The summed E-state index contributed by atoms with van der Waals surface area (Å²) < 4.78 is 32.8. The molecule has 0 spiro atoms. The number of hydrogen-bond donors (Lipinski definition) is 2. The molecule has 1 amide bonds. The zero-order valence-corrected chi connectivity index (χ0v) is 12.2. The fourth-order valence-corrected chi connectivity index (χ4v) is 3.30. The van der Waals surface area contributed by atoms with Gasteiger partial charge in [0.15, 0.2) is 0 Å². The molecule has 1 N–H and O–H groups in total. The largest absolute Gasteiger partial charge is 0.480 e. The monoisotopic (exact) mass is 313 g/mol. The lowest BCUT2D eigenvalue weighted by molar-refractivity contribution is -0.149. The minimum atomic E-state index is -4.68. The highest BCUT2D eigenvalue weighted by Gasteiger charge is 2.44. The van der Waals surface area contributed by atoms with E-state index in [0.717, 1.165) is 4.90 Å². The van der Waals surface area contributed by atoms with Gasteiger partial charge in [-0.1, -0.05) is 0 Å². The van der Waals surface area contributed by atoms with Crippen molar-refractivity contribution in [2.75, 3.05) is 12.3 Å². The molecule has 1 aliphatic heterocycles. The standard InChI is InChI=1S/C10H16FNO5S2/c1-10(2,18)8(9(14)15)12-4-6(3-7(12)13)5-19(11,16)17/h6,8,18H,3-5H2,1-2H3,(H,14,15)/t6?,8-/m1/s1. The number of halogens is 1. The summed E-state index contributed by atoms with van der Waals surface area (Å²) in [5.74, 6) is -3.21. The lowest BCUT2D eigenvalue weighted by Crippen LogP contribution is -2.52. The van der Waals surface area contributed by atoms with Crippen LogP contribution >= 0.6 is 12.6 Å². The molecular formula is C10H16FNO5S2. The van der Waals surface area contributed by atoms with E-state index in [0.29, 0.717) is 0 Å². The zero-order chi connectivity index (χ0) is 15.0. The SMILES string of the molecule is CC(C)(S)[C@@H](C(=O)O)N1CC(CS(=O)(=O)F)CC1=O. The molecule has 0 saturated carbocycles. The Morgan fingerprint density at radius 3 is 2.53 bits per heavy atom. The van der Waals surface area contributed by atoms with Crippen molar-refractivity contribution in [1.82, 2.24) is 4.90 Å². The molecule has 0 radical (unpaired) electrons. The topological polar surface area (TPSA) is 91.8 Å². The molecule has 1 fully saturated rings. The summed E-state index contributed by atoms with van der Waals surface area (Å²) in [6.07, 6.45) is -0.170. The number of carbonyl (C=O) groups excluding carboxylic acids is 1. The molecule has 1 saturated heterocycles. The van der Waals surface area contributed by atoms with Crippen molar-refractivity contribution in [1.29, 1.82) is 0 Å². The Morgan fingerprint density at radius 2 is 2.16 bits per heavy atom. The minimum absolute atomic E-state index is 0.0943. The maximum Gasteiger partial charge on any atom is 0.327 e. The number of thiol groups is 1. The van der Waals surface area contributed by atoms with Gasteiger partial charge in [-0.05, 0) is 13.8 Å². The van der Waals surface area contributed by atoms with Crippen LogP contribution < -0.4 is 0 Å². The maximum absolute atomic E-state index is 12.6. The molecule has 110 valence electrons. The van der Waals surface area contributed by atoms with Crippen LogP contribution in [0.4, 0.5) is 3.89 Å². The van der Waals surface area contributed by atoms with Crippen LogP contribution in [0.3, 0.4) is 0 Å². The summed E-state index contributed by atoms with van der Waals surface area (Å²) >= 11 is 4.15. The van der Waals surface area contributed by atoms with Gasteiger partial charge < -0.3 is 10.0 Å². The highest BCUT2D eigenvalue weighted by atomic mass is 32.3. The van der Waals surface area contributed by atoms with Crippen LogP contribution in [0.2, 0.25) is 0 Å². The third-order valence-corrected chi connectivity index (χ3v) is 4.00. The fourth-order valence-electron chi connectivity index (χ4n) is 2.27. The molecule has 0 aliphatic carbocycles. The number of aliphatic carboxylic acids is 1. The molecule has 0 aromatic carbocycles. The quantitative estimate of drug-likeness (QED) is 0.562. The van der Waals surface area contributed by atoms with E-state index in [4.69, 9.17) is 0 Å². The highest BCUT2D eigenvalue weighted by molar-refractivity contribution is 7.86. The van der Waals surface area contributed by atoms with Gasteiger partial charge in [-0.25, -0.2) is 4.79 Å². The van der Waals surface area contributed by atoms with E-state index < -0.39 is 44.6 Å². The van der Waals surface area contributed by atoms with Gasteiger partial charge in [0.05, 0.1) is 5.75 Å². The van der Waals surface area contributed by atoms with Crippen molar-refractivity contribution in [2.24, 2.45) is 5.92 Å². The van der Waals surface area contributed by atoms with Crippen LogP contribution in [-0.2, 0) is 19.8 Å². The van der Waals surface area contributed by atoms with Crippen LogP contribution in [0, 0.1) is 5.92 Å². The predicted molar refractivity (Wildman–Crippen MR) is 69.2 cm³/mol. The third-order valence-electron chi connectivity index (χ3n) is 2.89. The molecule has 9 heteroatoms. The van der Waals surface area contributed by atoms with E-state index >= 15 is 0 Å². The van der Waals surface area contributed by atoms with Crippen LogP contribution in [0.5, 0.6) is 0 Å². The Bertz CT molecular complexity index is 485. The van der Waals surface area contributed by atoms with Crippen molar-refractivity contribution in [2.45, 2.75) is 31.1 Å². The van der Waals surface area contributed by atoms with E-state index in [1.165, 1.54) is 0 Å². The second kappa shape index (κ2) is 5.28. The Balaban J connectivity index is 2.90. The summed E-state index contributed by atoms with van der Waals surface area (Å²) in [6, 6.07) is -1.18. The average molecular weight is 313 g/mol. The number of carbonyl (C=O) groups is 2. The van der Waals surface area contributed by atoms with E-state index in [1.54, 1.807) is 13.8 Å². The molecule has 1 rings (SSSR count). The Kier molecular flexibility index (Phi) is 4.51. The van der Waals surface area contributed by atoms with E-state index in [2.05, 4.69) is 12.6 Å². The average Bonchev–Trinajstić information content (AvgIpc) is 2.40. The summed E-state index contributed by atoms with van der Waals surface area (Å²) in [5, 5.41) is 9.17. The van der Waals surface area contributed by atoms with Gasteiger partial charge in [0.25, 0.3) is 0 Å². The summed E-state index contributed by atoms with van der Waals surface area (Å²) in [4.78, 5) is 24.1. The maximum atomic E-state index is 12.6. The van der Waals surface area contributed by atoms with E-state index in [9.17, 15) is 27.0 Å². The van der Waals surface area contributed by atoms with Gasteiger partial charge in [-0.3, -0.25) is 4.79 Å². The highest BCUT2D eigenvalue weighted by Crippen LogP contribution is 2.29. The van der Waals surface area contributed by atoms with Crippen LogP contribution in [0.15, 0.2) is 0 Å². The number of hydrogen-bond acceptors (Lipinski definition) is 5. The van der Waals surface area contributed by atoms with Gasteiger partial charge in [0, 0.05) is 23.6 Å². The van der Waals surface area contributed by atoms with Gasteiger partial charge in [-0.2, -0.15) is 21.0 Å². The second-order valence-corrected chi connectivity index (χ2v) is 7.78. The molecule has 1 aliphatic rings. The number of carboxylic acids is 1. The molecular weight excluding hydrogens is 297 g/mol. The molecule has 0 aromatic heterocycles. The number of nitrogens with zero attached hydrogens (tertiary/aromatic N) is 1. The first-order chi connectivity index (χ1) is 8.42. The smallest absolute Gasteiger partial charge is 0.327 e. The van der Waals surface area contributed by atoms with Gasteiger partial charge >= 0.3 is 16.2 Å². The minimum Gasteiger partial charge on any atom is -0.480 e. The fraction of sp³-hybridized carbons (Fsp3) is 0.800. The first kappa shape index (κ1) is 16.2. The van der Waals surface area contributed by atoms with Crippen molar-refractivity contribution >= 4 is 34.7 Å². The van der Waals surface area contributed by atoms with Crippen molar-refractivity contribution in [3.8, 4) is 0 Å². The van der Waals surface area contributed by atoms with Gasteiger partial charge in [0.1, 0.15) is 6.04 Å². The first-order valence-electron chi connectivity index (χ1n) is 5.59. The molecule has 1 heterocycles. The molecule has 0 bridgehead atoms. The van der Waals surface area contributed by atoms with Crippen LogP contribution in [0.25, 0.3) is 0 Å². The van der Waals surface area contributed by atoms with Crippen molar-refractivity contribution in [3.05, 3.63) is 0 Å². The van der Waals surface area contributed by atoms with Crippen molar-refractivity contribution < 1.29 is 27.0 Å². The second-order valence-electron chi connectivity index (χ2n) is 5.22. The number of carboxylic acid groups (broad SMARTS) is 1. The summed E-state index contributed by atoms with van der Waals surface area (Å²) in [6.45, 7) is 2.99. The molecule has 6 nitrogen and oxygen atoms in total. The van der Waals surface area contributed by atoms with Crippen molar-refractivity contribution in [3.63, 3.8) is 0 Å². The molecule has 1 unspecified atom stereocenters. The van der Waals surface area contributed by atoms with E-state index in [1.807, 2.05) is 0 Å². The molecule has 0 aromatic rings. The Hall–Kier alpha value is -0.830. The summed E-state index contributed by atoms with van der Waals surface area (Å²) in [5.41, 5.74) is 0. The normalized spacial score (nSPS) is 22.6. The van der Waals surface area contributed by atoms with Gasteiger partial charge in [-0.15, -0.1) is 3.89 Å². The number of amides is 1. The zero-order valence-electron chi connectivity index (χ0n) is 10.5. The number of likely N-dealkylation sites (tertiary alicyclic amines) is 1. The lowest BCUT2D eigenvalue weighted by atomic mass is 10.0. The first-order valence-corrected chi connectivity index (χ1v) is 7.59. The van der Waals surface area contributed by atoms with E-state index in [-0.39, 0.29) is 13.0 Å². The summed E-state index contributed by atoms with van der Waals surface area (Å²) in [7, 11) is -4.68. The molecule has 2 atom stereocenters. The number of rotatable bonds is 5. The third kappa shape index (κ3) is 4.34. The Labute approximate surface area is 116 Å². The van der Waals surface area contributed by atoms with Crippen LogP contribution in [0.1, 0.15) is 20.3 Å². The lowest BCUT2D eigenvalue weighted by Gasteiger charge is -2.34. The Morgan fingerprint density at radius 1 is 1.63 bits per heavy atom. The van der Waals surface area contributed by atoms with Gasteiger partial charge in [0.2, 0.25) is 5.91 Å². The van der Waals surface area contributed by atoms with Crippen LogP contribution in [-0.4, -0.2) is 53.4 Å². The predicted octanol–water partition coefficient (Wildman–Crippen LogP) is 0.296. The molecule has 19 heavy (non-hydrogen) atoms.